The van der Waals surface area contributed by atoms with Crippen molar-refractivity contribution in [2.45, 2.75) is 38.7 Å². The molecule has 0 aromatic heterocycles. The third-order valence-corrected chi connectivity index (χ3v) is 3.68. The van der Waals surface area contributed by atoms with E-state index in [4.69, 9.17) is 10.5 Å². The standard InChI is InChI=1S/C20H22FNO3/c1-20(2,3)25-19(24)14-7-8-17(18(22)12-14)16(9-10-23)13-5-4-6-15(21)11-13/h4-8,10-12,16H,9,22H2,1-3H3. The number of halogens is 1. The van der Waals surface area contributed by atoms with Gasteiger partial charge in [0.15, 0.2) is 0 Å². The highest BCUT2D eigenvalue weighted by Gasteiger charge is 2.21. The van der Waals surface area contributed by atoms with Crippen molar-refractivity contribution in [1.29, 1.82) is 0 Å². The van der Waals surface area contributed by atoms with Gasteiger partial charge in [-0.05, 0) is 56.2 Å². The van der Waals surface area contributed by atoms with Gasteiger partial charge in [0.05, 0.1) is 5.56 Å². The number of hydrogen-bond donors (Lipinski definition) is 1. The van der Waals surface area contributed by atoms with Crippen LogP contribution in [0.1, 0.15) is 54.6 Å². The fourth-order valence-corrected chi connectivity index (χ4v) is 2.62. The normalized spacial score (nSPS) is 12.5. The van der Waals surface area contributed by atoms with Crippen LogP contribution in [0.2, 0.25) is 0 Å². The van der Waals surface area contributed by atoms with E-state index in [0.717, 1.165) is 6.29 Å². The zero-order valence-electron chi connectivity index (χ0n) is 14.6. The van der Waals surface area contributed by atoms with E-state index in [-0.39, 0.29) is 18.2 Å². The molecule has 0 spiro atoms. The van der Waals surface area contributed by atoms with Gasteiger partial charge in [0.25, 0.3) is 0 Å². The predicted octanol–water partition coefficient (Wildman–Crippen LogP) is 4.08. The molecule has 0 aliphatic rings. The molecule has 2 aromatic rings. The number of nitrogen functional groups attached to an aromatic ring is 1. The van der Waals surface area contributed by atoms with Gasteiger partial charge in [-0.2, -0.15) is 0 Å². The van der Waals surface area contributed by atoms with E-state index in [0.29, 0.717) is 22.4 Å². The molecule has 2 rings (SSSR count). The second-order valence-electron chi connectivity index (χ2n) is 6.86. The maximum Gasteiger partial charge on any atom is 0.338 e. The molecule has 0 aliphatic heterocycles. The summed E-state index contributed by atoms with van der Waals surface area (Å²) in [5.41, 5.74) is 7.53. The van der Waals surface area contributed by atoms with Crippen LogP contribution in [0.3, 0.4) is 0 Å². The van der Waals surface area contributed by atoms with Crippen molar-refractivity contribution in [3.8, 4) is 0 Å². The molecule has 0 radical (unpaired) electrons. The second-order valence-corrected chi connectivity index (χ2v) is 6.86. The first-order valence-electron chi connectivity index (χ1n) is 8.03. The van der Waals surface area contributed by atoms with Gasteiger partial charge in [-0.25, -0.2) is 9.18 Å². The fraction of sp³-hybridized carbons (Fsp3) is 0.300. The molecular weight excluding hydrogens is 321 g/mol. The van der Waals surface area contributed by atoms with Crippen molar-refractivity contribution >= 4 is 17.9 Å². The predicted molar refractivity (Wildman–Crippen MR) is 94.9 cm³/mol. The minimum atomic E-state index is -0.605. The van der Waals surface area contributed by atoms with Crippen molar-refractivity contribution in [2.75, 3.05) is 5.73 Å². The molecule has 132 valence electrons. The van der Waals surface area contributed by atoms with E-state index < -0.39 is 11.6 Å². The van der Waals surface area contributed by atoms with Crippen LogP contribution in [0.4, 0.5) is 10.1 Å². The third kappa shape index (κ3) is 4.89. The molecule has 1 unspecified atom stereocenters. The molecule has 1 atom stereocenters. The molecule has 2 N–H and O–H groups in total. The average molecular weight is 343 g/mol. The summed E-state index contributed by atoms with van der Waals surface area (Å²) >= 11 is 0. The minimum Gasteiger partial charge on any atom is -0.456 e. The topological polar surface area (TPSA) is 69.4 Å². The first-order chi connectivity index (χ1) is 11.7. The SMILES string of the molecule is CC(C)(C)OC(=O)c1ccc(C(CC=O)c2cccc(F)c2)c(N)c1. The van der Waals surface area contributed by atoms with Gasteiger partial charge in [-0.3, -0.25) is 0 Å². The molecule has 0 fully saturated rings. The Bertz CT molecular complexity index is 781. The molecule has 2 aromatic carbocycles. The Morgan fingerprint density at radius 3 is 2.52 bits per heavy atom. The summed E-state index contributed by atoms with van der Waals surface area (Å²) in [6, 6.07) is 10.9. The highest BCUT2D eigenvalue weighted by atomic mass is 19.1. The van der Waals surface area contributed by atoms with Crippen molar-refractivity contribution in [3.05, 3.63) is 65.0 Å². The van der Waals surface area contributed by atoms with Gasteiger partial charge in [0.1, 0.15) is 17.7 Å². The van der Waals surface area contributed by atoms with E-state index in [9.17, 15) is 14.0 Å². The van der Waals surface area contributed by atoms with Gasteiger partial charge in [0, 0.05) is 18.0 Å². The first-order valence-corrected chi connectivity index (χ1v) is 8.03. The molecule has 4 nitrogen and oxygen atoms in total. The number of esters is 1. The second kappa shape index (κ2) is 7.47. The average Bonchev–Trinajstić information content (AvgIpc) is 2.51. The van der Waals surface area contributed by atoms with Crippen LogP contribution in [-0.2, 0) is 9.53 Å². The lowest BCUT2D eigenvalue weighted by Crippen LogP contribution is -2.24. The molecule has 0 amide bonds. The Kier molecular flexibility index (Phi) is 5.57. The van der Waals surface area contributed by atoms with Crippen molar-refractivity contribution in [1.82, 2.24) is 0 Å². The van der Waals surface area contributed by atoms with Crippen LogP contribution in [0, 0.1) is 5.82 Å². The Hall–Kier alpha value is -2.69. The molecular formula is C20H22FNO3. The number of anilines is 1. The molecule has 0 saturated heterocycles. The smallest absolute Gasteiger partial charge is 0.338 e. The number of ether oxygens (including phenoxy) is 1. The zero-order chi connectivity index (χ0) is 18.6. The monoisotopic (exact) mass is 343 g/mol. The lowest BCUT2D eigenvalue weighted by molar-refractivity contribution is -0.108. The molecule has 0 heterocycles. The summed E-state index contributed by atoms with van der Waals surface area (Å²) in [6.07, 6.45) is 0.941. The summed E-state index contributed by atoms with van der Waals surface area (Å²) in [4.78, 5) is 23.2. The number of rotatable bonds is 5. The lowest BCUT2D eigenvalue weighted by atomic mass is 9.87. The van der Waals surface area contributed by atoms with Gasteiger partial charge in [-0.15, -0.1) is 0 Å². The number of carbonyl (C=O) groups excluding carboxylic acids is 2. The van der Waals surface area contributed by atoms with E-state index in [1.54, 1.807) is 45.0 Å². The van der Waals surface area contributed by atoms with E-state index in [1.165, 1.54) is 18.2 Å². The molecule has 0 bridgehead atoms. The Morgan fingerprint density at radius 1 is 1.24 bits per heavy atom. The number of nitrogens with two attached hydrogens (primary N) is 1. The Labute approximate surface area is 146 Å². The van der Waals surface area contributed by atoms with Crippen LogP contribution in [-0.4, -0.2) is 17.9 Å². The van der Waals surface area contributed by atoms with E-state index >= 15 is 0 Å². The summed E-state index contributed by atoms with van der Waals surface area (Å²) < 4.78 is 18.9. The first kappa shape index (κ1) is 18.6. The number of carbonyl (C=O) groups is 2. The summed E-state index contributed by atoms with van der Waals surface area (Å²) in [6.45, 7) is 5.35. The fourth-order valence-electron chi connectivity index (χ4n) is 2.62. The van der Waals surface area contributed by atoms with E-state index in [2.05, 4.69) is 0 Å². The van der Waals surface area contributed by atoms with Gasteiger partial charge in [0.2, 0.25) is 0 Å². The summed E-state index contributed by atoms with van der Waals surface area (Å²) in [7, 11) is 0. The summed E-state index contributed by atoms with van der Waals surface area (Å²) in [5, 5.41) is 0. The number of benzene rings is 2. The van der Waals surface area contributed by atoms with Crippen molar-refractivity contribution in [2.24, 2.45) is 0 Å². The quantitative estimate of drug-likeness (QED) is 0.504. The summed E-state index contributed by atoms with van der Waals surface area (Å²) in [5.74, 6) is -1.22. The van der Waals surface area contributed by atoms with Crippen LogP contribution >= 0.6 is 0 Å². The van der Waals surface area contributed by atoms with Crippen molar-refractivity contribution < 1.29 is 18.7 Å². The van der Waals surface area contributed by atoms with Crippen LogP contribution in [0.15, 0.2) is 42.5 Å². The number of hydrogen-bond acceptors (Lipinski definition) is 4. The van der Waals surface area contributed by atoms with Crippen LogP contribution in [0.5, 0.6) is 0 Å². The molecule has 0 aliphatic carbocycles. The lowest BCUT2D eigenvalue weighted by Gasteiger charge is -2.21. The highest BCUT2D eigenvalue weighted by molar-refractivity contribution is 5.91. The largest absolute Gasteiger partial charge is 0.456 e. The highest BCUT2D eigenvalue weighted by Crippen LogP contribution is 2.32. The Balaban J connectivity index is 2.37. The van der Waals surface area contributed by atoms with Crippen LogP contribution in [0.25, 0.3) is 0 Å². The minimum absolute atomic E-state index is 0.166. The third-order valence-electron chi connectivity index (χ3n) is 3.68. The molecule has 0 saturated carbocycles. The van der Waals surface area contributed by atoms with Crippen LogP contribution < -0.4 is 5.73 Å². The number of aldehydes is 1. The van der Waals surface area contributed by atoms with Gasteiger partial charge < -0.3 is 15.3 Å². The van der Waals surface area contributed by atoms with Gasteiger partial charge >= 0.3 is 5.97 Å². The molecule has 25 heavy (non-hydrogen) atoms. The zero-order valence-corrected chi connectivity index (χ0v) is 14.6. The van der Waals surface area contributed by atoms with Crippen molar-refractivity contribution in [3.63, 3.8) is 0 Å². The maximum absolute atomic E-state index is 13.5. The maximum atomic E-state index is 13.5. The van der Waals surface area contributed by atoms with Gasteiger partial charge in [-0.1, -0.05) is 18.2 Å². The van der Waals surface area contributed by atoms with E-state index in [1.807, 2.05) is 0 Å². The molecule has 5 heteroatoms. The Morgan fingerprint density at radius 2 is 1.96 bits per heavy atom.